The molecule has 0 aromatic heterocycles. The van der Waals surface area contributed by atoms with E-state index in [2.05, 4.69) is 15.9 Å². The third-order valence-electron chi connectivity index (χ3n) is 2.98. The molecule has 3 heteroatoms. The first-order valence-corrected chi connectivity index (χ1v) is 4.67. The maximum atomic E-state index is 11.3. The van der Waals surface area contributed by atoms with Crippen molar-refractivity contribution in [1.29, 1.82) is 0 Å². The van der Waals surface area contributed by atoms with Crippen LogP contribution in [-0.4, -0.2) is 17.4 Å². The molecule has 3 fully saturated rings. The molecule has 3 rings (SSSR count). The van der Waals surface area contributed by atoms with E-state index in [9.17, 15) is 4.79 Å². The van der Waals surface area contributed by atoms with Crippen molar-refractivity contribution in [3.8, 4) is 0 Å². The van der Waals surface area contributed by atoms with Gasteiger partial charge in [-0.05, 0) is 25.7 Å². The van der Waals surface area contributed by atoms with Gasteiger partial charge in [0, 0.05) is 4.32 Å². The molecule has 0 N–H and O–H groups in total. The monoisotopic (exact) mass is 218 g/mol. The van der Waals surface area contributed by atoms with E-state index in [0.717, 1.165) is 25.7 Å². The molecular weight excluding hydrogens is 208 g/mol. The fourth-order valence-corrected chi connectivity index (χ4v) is 3.71. The molecule has 0 atom stereocenters. The summed E-state index contributed by atoms with van der Waals surface area (Å²) in [5, 5.41) is 0. The molecule has 3 saturated carbocycles. The third kappa shape index (κ3) is 0.866. The highest BCUT2D eigenvalue weighted by molar-refractivity contribution is 9.10. The Kier molecular flexibility index (Phi) is 1.38. The molecule has 0 aromatic carbocycles. The number of methoxy groups -OCH3 is 1. The SMILES string of the molecule is COC(=O)C12CCC(Br)(C1)C2. The average Bonchev–Trinajstić information content (AvgIpc) is 2.40. The Morgan fingerprint density at radius 3 is 2.45 bits per heavy atom. The summed E-state index contributed by atoms with van der Waals surface area (Å²) in [4.78, 5) is 11.3. The van der Waals surface area contributed by atoms with Crippen molar-refractivity contribution in [1.82, 2.24) is 0 Å². The summed E-state index contributed by atoms with van der Waals surface area (Å²) in [6, 6.07) is 0. The van der Waals surface area contributed by atoms with Crippen molar-refractivity contribution in [3.63, 3.8) is 0 Å². The number of alkyl halides is 1. The largest absolute Gasteiger partial charge is 0.469 e. The summed E-state index contributed by atoms with van der Waals surface area (Å²) >= 11 is 3.63. The molecule has 3 aliphatic rings. The van der Waals surface area contributed by atoms with Crippen LogP contribution in [0.25, 0.3) is 0 Å². The summed E-state index contributed by atoms with van der Waals surface area (Å²) < 4.78 is 5.05. The van der Waals surface area contributed by atoms with Crippen LogP contribution in [0.4, 0.5) is 0 Å². The van der Waals surface area contributed by atoms with Crippen LogP contribution in [0.2, 0.25) is 0 Å². The Balaban J connectivity index is 2.13. The van der Waals surface area contributed by atoms with Gasteiger partial charge in [0.15, 0.2) is 0 Å². The molecular formula is C8H11BrO2. The van der Waals surface area contributed by atoms with Crippen LogP contribution < -0.4 is 0 Å². The van der Waals surface area contributed by atoms with Gasteiger partial charge in [-0.25, -0.2) is 0 Å². The maximum absolute atomic E-state index is 11.3. The van der Waals surface area contributed by atoms with E-state index < -0.39 is 0 Å². The first-order chi connectivity index (χ1) is 5.10. The Morgan fingerprint density at radius 2 is 2.09 bits per heavy atom. The number of carbonyl (C=O) groups excluding carboxylic acids is 1. The molecule has 3 aliphatic carbocycles. The van der Waals surface area contributed by atoms with Gasteiger partial charge >= 0.3 is 5.97 Å². The van der Waals surface area contributed by atoms with E-state index in [1.807, 2.05) is 0 Å². The van der Waals surface area contributed by atoms with Crippen molar-refractivity contribution in [2.45, 2.75) is 30.0 Å². The van der Waals surface area contributed by atoms with Gasteiger partial charge < -0.3 is 4.74 Å². The first kappa shape index (κ1) is 7.59. The third-order valence-corrected chi connectivity index (χ3v) is 3.94. The van der Waals surface area contributed by atoms with E-state index in [-0.39, 0.29) is 11.4 Å². The molecule has 2 bridgehead atoms. The molecule has 0 heterocycles. The quantitative estimate of drug-likeness (QED) is 0.497. The summed E-state index contributed by atoms with van der Waals surface area (Å²) in [6.45, 7) is 0. The van der Waals surface area contributed by atoms with Gasteiger partial charge in [-0.15, -0.1) is 0 Å². The number of esters is 1. The van der Waals surface area contributed by atoms with Gasteiger partial charge in [0.1, 0.15) is 0 Å². The Labute approximate surface area is 74.4 Å². The zero-order chi connectivity index (χ0) is 8.11. The van der Waals surface area contributed by atoms with Crippen molar-refractivity contribution in [2.75, 3.05) is 7.11 Å². The number of hydrogen-bond donors (Lipinski definition) is 0. The molecule has 0 amide bonds. The molecule has 0 spiro atoms. The van der Waals surface area contributed by atoms with E-state index in [4.69, 9.17) is 4.74 Å². The minimum absolute atomic E-state index is 0.00919. The van der Waals surface area contributed by atoms with Crippen LogP contribution in [0.3, 0.4) is 0 Å². The van der Waals surface area contributed by atoms with Crippen LogP contribution >= 0.6 is 15.9 Å². The average molecular weight is 219 g/mol. The van der Waals surface area contributed by atoms with Crippen molar-refractivity contribution in [2.24, 2.45) is 5.41 Å². The van der Waals surface area contributed by atoms with Crippen LogP contribution in [0.1, 0.15) is 25.7 Å². The van der Waals surface area contributed by atoms with E-state index in [0.29, 0.717) is 4.32 Å². The van der Waals surface area contributed by atoms with Crippen molar-refractivity contribution >= 4 is 21.9 Å². The standard InChI is InChI=1S/C8H11BrO2/c1-11-6(10)7-2-3-8(9,4-7)5-7/h2-5H2,1H3. The van der Waals surface area contributed by atoms with Gasteiger partial charge in [-0.2, -0.15) is 0 Å². The molecule has 62 valence electrons. The number of fused-ring (bicyclic) bond motifs is 1. The van der Waals surface area contributed by atoms with E-state index >= 15 is 0 Å². The maximum Gasteiger partial charge on any atom is 0.311 e. The summed E-state index contributed by atoms with van der Waals surface area (Å²) in [7, 11) is 1.48. The number of carbonyl (C=O) groups is 1. The highest BCUT2D eigenvalue weighted by atomic mass is 79.9. The molecule has 2 nitrogen and oxygen atoms in total. The number of hydrogen-bond acceptors (Lipinski definition) is 2. The fraction of sp³-hybridized carbons (Fsp3) is 0.875. The summed E-state index contributed by atoms with van der Waals surface area (Å²) in [6.07, 6.45) is 4.09. The smallest absolute Gasteiger partial charge is 0.311 e. The van der Waals surface area contributed by atoms with Crippen LogP contribution in [0.15, 0.2) is 0 Å². The molecule has 0 radical (unpaired) electrons. The lowest BCUT2D eigenvalue weighted by Crippen LogP contribution is -2.44. The van der Waals surface area contributed by atoms with Gasteiger partial charge in [-0.1, -0.05) is 15.9 Å². The van der Waals surface area contributed by atoms with E-state index in [1.54, 1.807) is 0 Å². The first-order valence-electron chi connectivity index (χ1n) is 3.88. The summed E-state index contributed by atoms with van der Waals surface area (Å²) in [5.74, 6) is -0.00919. The second-order valence-electron chi connectivity index (χ2n) is 3.78. The molecule has 0 aromatic rings. The Morgan fingerprint density at radius 1 is 1.45 bits per heavy atom. The predicted molar refractivity (Wildman–Crippen MR) is 44.6 cm³/mol. The predicted octanol–water partition coefficient (Wildman–Crippen LogP) is 1.87. The molecule has 0 aliphatic heterocycles. The second-order valence-corrected chi connectivity index (χ2v) is 5.46. The van der Waals surface area contributed by atoms with E-state index in [1.165, 1.54) is 7.11 Å². The molecule has 0 unspecified atom stereocenters. The van der Waals surface area contributed by atoms with Gasteiger partial charge in [0.25, 0.3) is 0 Å². The van der Waals surface area contributed by atoms with Gasteiger partial charge in [-0.3, -0.25) is 4.79 Å². The lowest BCUT2D eigenvalue weighted by molar-refractivity contribution is -0.156. The van der Waals surface area contributed by atoms with Crippen LogP contribution in [-0.2, 0) is 9.53 Å². The minimum Gasteiger partial charge on any atom is -0.469 e. The highest BCUT2D eigenvalue weighted by Crippen LogP contribution is 2.65. The van der Waals surface area contributed by atoms with Crippen LogP contribution in [0.5, 0.6) is 0 Å². The Bertz CT molecular complexity index is 206. The van der Waals surface area contributed by atoms with Gasteiger partial charge in [0.05, 0.1) is 12.5 Å². The normalized spacial score (nSPS) is 46.7. The molecule has 11 heavy (non-hydrogen) atoms. The molecule has 0 saturated heterocycles. The fourth-order valence-electron chi connectivity index (χ4n) is 2.44. The summed E-state index contributed by atoms with van der Waals surface area (Å²) in [5.41, 5.74) is -0.0990. The number of ether oxygens (including phenoxy) is 1. The van der Waals surface area contributed by atoms with Crippen LogP contribution in [0, 0.1) is 5.41 Å². The number of rotatable bonds is 1. The van der Waals surface area contributed by atoms with Crippen molar-refractivity contribution in [3.05, 3.63) is 0 Å². The van der Waals surface area contributed by atoms with Gasteiger partial charge in [0.2, 0.25) is 0 Å². The Hall–Kier alpha value is -0.0500. The topological polar surface area (TPSA) is 26.3 Å². The zero-order valence-corrected chi connectivity index (χ0v) is 8.11. The zero-order valence-electron chi connectivity index (χ0n) is 6.52. The lowest BCUT2D eigenvalue weighted by Gasteiger charge is -2.41. The lowest BCUT2D eigenvalue weighted by atomic mass is 9.69. The van der Waals surface area contributed by atoms with Crippen molar-refractivity contribution < 1.29 is 9.53 Å². The second kappa shape index (κ2) is 2.00. The number of halogens is 1. The highest BCUT2D eigenvalue weighted by Gasteiger charge is 2.64. The minimum atomic E-state index is -0.0990.